The summed E-state index contributed by atoms with van der Waals surface area (Å²) in [5.41, 5.74) is 0.207. The summed E-state index contributed by atoms with van der Waals surface area (Å²) >= 11 is 0. The SMILES string of the molecule is CNS(=O)(=O)c1ccc(F)c(C(=O)NCc2ccnc(Oc3ccc(F)cc3)c2)c1. The average molecular weight is 433 g/mol. The van der Waals surface area contributed by atoms with Crippen molar-refractivity contribution in [2.45, 2.75) is 11.4 Å². The molecule has 0 aliphatic rings. The van der Waals surface area contributed by atoms with Gasteiger partial charge in [-0.25, -0.2) is 26.9 Å². The summed E-state index contributed by atoms with van der Waals surface area (Å²) < 4.78 is 58.4. The molecule has 1 heterocycles. The summed E-state index contributed by atoms with van der Waals surface area (Å²) in [7, 11) is -2.61. The minimum atomic E-state index is -3.82. The van der Waals surface area contributed by atoms with Gasteiger partial charge in [0, 0.05) is 18.8 Å². The number of hydrogen-bond donors (Lipinski definition) is 2. The Morgan fingerprint density at radius 1 is 1.07 bits per heavy atom. The predicted molar refractivity (Wildman–Crippen MR) is 105 cm³/mol. The molecule has 0 aliphatic heterocycles. The summed E-state index contributed by atoms with van der Waals surface area (Å²) in [5, 5.41) is 2.52. The van der Waals surface area contributed by atoms with Crippen LogP contribution in [0.5, 0.6) is 11.6 Å². The maximum atomic E-state index is 14.0. The lowest BCUT2D eigenvalue weighted by atomic mass is 10.2. The predicted octanol–water partition coefficient (Wildman–Crippen LogP) is 2.99. The number of ether oxygens (including phenoxy) is 1. The van der Waals surface area contributed by atoms with Crippen LogP contribution in [-0.2, 0) is 16.6 Å². The van der Waals surface area contributed by atoms with Gasteiger partial charge in [0.25, 0.3) is 5.91 Å². The Bertz CT molecular complexity index is 1170. The van der Waals surface area contributed by atoms with Gasteiger partial charge in [-0.1, -0.05) is 0 Å². The van der Waals surface area contributed by atoms with Crippen LogP contribution < -0.4 is 14.8 Å². The van der Waals surface area contributed by atoms with Crippen molar-refractivity contribution < 1.29 is 26.7 Å². The second kappa shape index (κ2) is 8.97. The summed E-state index contributed by atoms with van der Waals surface area (Å²) in [6.45, 7) is 0.0174. The zero-order chi connectivity index (χ0) is 21.7. The third-order valence-corrected chi connectivity index (χ3v) is 5.46. The van der Waals surface area contributed by atoms with Crippen molar-refractivity contribution >= 4 is 15.9 Å². The first-order valence-electron chi connectivity index (χ1n) is 8.68. The summed E-state index contributed by atoms with van der Waals surface area (Å²) in [5.74, 6) is -1.42. The van der Waals surface area contributed by atoms with Gasteiger partial charge in [-0.3, -0.25) is 4.79 Å². The second-order valence-corrected chi connectivity index (χ2v) is 7.98. The molecular weight excluding hydrogens is 416 g/mol. The van der Waals surface area contributed by atoms with Gasteiger partial charge in [0.2, 0.25) is 15.9 Å². The topological polar surface area (TPSA) is 97.4 Å². The Morgan fingerprint density at radius 3 is 2.50 bits per heavy atom. The summed E-state index contributed by atoms with van der Waals surface area (Å²) in [4.78, 5) is 16.2. The molecule has 10 heteroatoms. The Labute approximate surface area is 171 Å². The third-order valence-electron chi connectivity index (χ3n) is 4.05. The Hall–Kier alpha value is -3.37. The molecule has 7 nitrogen and oxygen atoms in total. The highest BCUT2D eigenvalue weighted by Crippen LogP contribution is 2.20. The molecule has 0 saturated heterocycles. The van der Waals surface area contributed by atoms with Crippen molar-refractivity contribution in [1.29, 1.82) is 0 Å². The fourth-order valence-electron chi connectivity index (χ4n) is 2.48. The quantitative estimate of drug-likeness (QED) is 0.597. The van der Waals surface area contributed by atoms with E-state index in [9.17, 15) is 22.0 Å². The largest absolute Gasteiger partial charge is 0.439 e. The normalized spacial score (nSPS) is 11.2. The number of halogens is 2. The number of pyridine rings is 1. The van der Waals surface area contributed by atoms with Crippen molar-refractivity contribution in [2.75, 3.05) is 7.05 Å². The minimum absolute atomic E-state index is 0.0174. The van der Waals surface area contributed by atoms with Crippen molar-refractivity contribution in [3.05, 3.63) is 83.6 Å². The molecule has 156 valence electrons. The van der Waals surface area contributed by atoms with Gasteiger partial charge >= 0.3 is 0 Å². The molecule has 2 aromatic carbocycles. The highest BCUT2D eigenvalue weighted by molar-refractivity contribution is 7.89. The number of hydrogen-bond acceptors (Lipinski definition) is 5. The number of carbonyl (C=O) groups excluding carboxylic acids is 1. The number of amides is 1. The van der Waals surface area contributed by atoms with Crippen LogP contribution in [0.25, 0.3) is 0 Å². The molecule has 2 N–H and O–H groups in total. The van der Waals surface area contributed by atoms with E-state index in [1.54, 1.807) is 12.1 Å². The molecule has 1 aromatic heterocycles. The van der Waals surface area contributed by atoms with E-state index >= 15 is 0 Å². The van der Waals surface area contributed by atoms with Crippen LogP contribution in [0.3, 0.4) is 0 Å². The summed E-state index contributed by atoms with van der Waals surface area (Å²) in [6.07, 6.45) is 1.46. The number of carbonyl (C=O) groups is 1. The smallest absolute Gasteiger partial charge is 0.254 e. The van der Waals surface area contributed by atoms with Crippen molar-refractivity contribution in [2.24, 2.45) is 0 Å². The van der Waals surface area contributed by atoms with Gasteiger partial charge in [-0.15, -0.1) is 0 Å². The first-order valence-corrected chi connectivity index (χ1v) is 10.2. The highest BCUT2D eigenvalue weighted by Gasteiger charge is 2.18. The molecule has 0 radical (unpaired) electrons. The third kappa shape index (κ3) is 5.16. The van der Waals surface area contributed by atoms with Crippen LogP contribution in [0.2, 0.25) is 0 Å². The van der Waals surface area contributed by atoms with E-state index in [0.717, 1.165) is 18.2 Å². The molecule has 1 amide bonds. The average Bonchev–Trinajstić information content (AvgIpc) is 2.74. The van der Waals surface area contributed by atoms with Crippen molar-refractivity contribution in [1.82, 2.24) is 15.0 Å². The lowest BCUT2D eigenvalue weighted by Gasteiger charge is -2.10. The molecule has 3 rings (SSSR count). The number of sulfonamides is 1. The fraction of sp³-hybridized carbons (Fsp3) is 0.100. The molecule has 0 atom stereocenters. The number of aromatic nitrogens is 1. The highest BCUT2D eigenvalue weighted by atomic mass is 32.2. The molecule has 0 bridgehead atoms. The molecule has 0 unspecified atom stereocenters. The van der Waals surface area contributed by atoms with E-state index in [1.807, 2.05) is 0 Å². The van der Waals surface area contributed by atoms with E-state index in [2.05, 4.69) is 15.0 Å². The van der Waals surface area contributed by atoms with Crippen molar-refractivity contribution in [3.63, 3.8) is 0 Å². The first kappa shape index (κ1) is 21.3. The van der Waals surface area contributed by atoms with Crippen LogP contribution in [0.4, 0.5) is 8.78 Å². The first-order chi connectivity index (χ1) is 14.3. The van der Waals surface area contributed by atoms with Gasteiger partial charge in [-0.2, -0.15) is 0 Å². The maximum absolute atomic E-state index is 14.0. The second-order valence-electron chi connectivity index (χ2n) is 6.09. The van der Waals surface area contributed by atoms with Crippen LogP contribution in [0.15, 0.2) is 65.7 Å². The van der Waals surface area contributed by atoms with Gasteiger partial charge < -0.3 is 10.1 Å². The Balaban J connectivity index is 1.71. The lowest BCUT2D eigenvalue weighted by molar-refractivity contribution is 0.0946. The molecule has 0 aliphatic carbocycles. The van der Waals surface area contributed by atoms with Gasteiger partial charge in [0.15, 0.2) is 0 Å². The number of nitrogens with zero attached hydrogens (tertiary/aromatic N) is 1. The zero-order valence-corrected chi connectivity index (χ0v) is 16.5. The molecular formula is C20H17F2N3O4S. The molecule has 3 aromatic rings. The number of rotatable bonds is 7. The fourth-order valence-corrected chi connectivity index (χ4v) is 3.24. The monoisotopic (exact) mass is 433 g/mol. The Morgan fingerprint density at radius 2 is 1.80 bits per heavy atom. The van der Waals surface area contributed by atoms with Crippen molar-refractivity contribution in [3.8, 4) is 11.6 Å². The summed E-state index contributed by atoms with van der Waals surface area (Å²) in [6, 6.07) is 11.5. The van der Waals surface area contributed by atoms with Crippen LogP contribution in [0, 0.1) is 11.6 Å². The van der Waals surface area contributed by atoms with Gasteiger partial charge in [-0.05, 0) is 61.1 Å². The molecule has 0 fully saturated rings. The van der Waals surface area contributed by atoms with E-state index < -0.39 is 33.1 Å². The molecule has 0 spiro atoms. The maximum Gasteiger partial charge on any atom is 0.254 e. The zero-order valence-electron chi connectivity index (χ0n) is 15.7. The van der Waals surface area contributed by atoms with Crippen LogP contribution in [-0.4, -0.2) is 26.4 Å². The molecule has 0 saturated carbocycles. The van der Waals surface area contributed by atoms with Crippen LogP contribution in [0.1, 0.15) is 15.9 Å². The van der Waals surface area contributed by atoms with E-state index in [4.69, 9.17) is 4.74 Å². The minimum Gasteiger partial charge on any atom is -0.439 e. The van der Waals surface area contributed by atoms with Gasteiger partial charge in [0.1, 0.15) is 17.4 Å². The van der Waals surface area contributed by atoms with Gasteiger partial charge in [0.05, 0.1) is 10.5 Å². The lowest BCUT2D eigenvalue weighted by Crippen LogP contribution is -2.25. The van der Waals surface area contributed by atoms with E-state index in [1.165, 1.54) is 37.5 Å². The number of nitrogens with one attached hydrogen (secondary N) is 2. The van der Waals surface area contributed by atoms with Crippen LogP contribution >= 0.6 is 0 Å². The Kier molecular flexibility index (Phi) is 6.38. The number of benzene rings is 2. The molecule has 30 heavy (non-hydrogen) atoms. The standard InChI is InChI=1S/C20H17F2N3O4S/c1-23-30(27,28)16-6-7-18(22)17(11-16)20(26)25-12-13-8-9-24-19(10-13)29-15-4-2-14(21)3-5-15/h2-11,23H,12H2,1H3,(H,25,26). The van der Waals surface area contributed by atoms with E-state index in [0.29, 0.717) is 11.3 Å². The van der Waals surface area contributed by atoms with E-state index in [-0.39, 0.29) is 17.3 Å².